The van der Waals surface area contributed by atoms with Crippen molar-refractivity contribution in [1.82, 2.24) is 4.90 Å². The first kappa shape index (κ1) is 17.5. The summed E-state index contributed by atoms with van der Waals surface area (Å²) in [6.07, 6.45) is 0. The molecule has 5 heteroatoms. The Kier molecular flexibility index (Phi) is 5.24. The number of anilines is 1. The summed E-state index contributed by atoms with van der Waals surface area (Å²) in [4.78, 5) is 25.8. The van der Waals surface area contributed by atoms with Crippen LogP contribution in [0.15, 0.2) is 36.4 Å². The van der Waals surface area contributed by atoms with Crippen LogP contribution in [0.1, 0.15) is 27.0 Å². The molecule has 0 fully saturated rings. The minimum atomic E-state index is -0.394. The Bertz CT molecular complexity index is 767. The van der Waals surface area contributed by atoms with Gasteiger partial charge in [0.15, 0.2) is 0 Å². The van der Waals surface area contributed by atoms with Crippen LogP contribution in [0.3, 0.4) is 0 Å². The normalized spacial score (nSPS) is 10.3. The molecule has 0 saturated heterocycles. The van der Waals surface area contributed by atoms with Crippen molar-refractivity contribution in [3.63, 3.8) is 0 Å². The van der Waals surface area contributed by atoms with E-state index >= 15 is 0 Å². The van der Waals surface area contributed by atoms with Crippen molar-refractivity contribution in [3.05, 3.63) is 58.7 Å². The number of aryl methyl sites for hydroxylation is 2. The Labute approximate surface area is 141 Å². The Balaban J connectivity index is 2.04. The molecule has 0 radical (unpaired) electrons. The van der Waals surface area contributed by atoms with Gasteiger partial charge in [0.1, 0.15) is 5.75 Å². The topological polar surface area (TPSA) is 69.6 Å². The van der Waals surface area contributed by atoms with E-state index in [2.05, 4.69) is 5.32 Å². The van der Waals surface area contributed by atoms with E-state index in [0.29, 0.717) is 11.3 Å². The van der Waals surface area contributed by atoms with E-state index in [1.807, 2.05) is 38.1 Å². The number of phenols is 1. The van der Waals surface area contributed by atoms with Crippen LogP contribution < -0.4 is 5.32 Å². The van der Waals surface area contributed by atoms with Gasteiger partial charge >= 0.3 is 0 Å². The standard InChI is InChI=1S/C19H22N2O3/c1-12-5-8-15(9-6-12)20-17(22)11-21(4)19(24)16-10-7-13(2)14(3)18(16)23/h5-10,23H,11H2,1-4H3,(H,20,22). The van der Waals surface area contributed by atoms with E-state index in [1.54, 1.807) is 19.1 Å². The summed E-state index contributed by atoms with van der Waals surface area (Å²) in [5, 5.41) is 12.9. The van der Waals surface area contributed by atoms with Crippen molar-refractivity contribution in [2.45, 2.75) is 20.8 Å². The number of carbonyl (C=O) groups excluding carboxylic acids is 2. The molecule has 5 nitrogen and oxygen atoms in total. The van der Waals surface area contributed by atoms with Crippen LogP contribution in [0.25, 0.3) is 0 Å². The predicted molar refractivity (Wildman–Crippen MR) is 94.4 cm³/mol. The molecular formula is C19H22N2O3. The number of hydrogen-bond acceptors (Lipinski definition) is 3. The van der Waals surface area contributed by atoms with Gasteiger partial charge in [0, 0.05) is 12.7 Å². The number of rotatable bonds is 4. The monoisotopic (exact) mass is 326 g/mol. The number of benzene rings is 2. The lowest BCUT2D eigenvalue weighted by Gasteiger charge is -2.18. The molecule has 0 unspecified atom stereocenters. The number of hydrogen-bond donors (Lipinski definition) is 2. The molecular weight excluding hydrogens is 304 g/mol. The third kappa shape index (κ3) is 3.93. The number of aromatic hydroxyl groups is 1. The van der Waals surface area contributed by atoms with Gasteiger partial charge in [0.05, 0.1) is 12.1 Å². The van der Waals surface area contributed by atoms with Crippen molar-refractivity contribution in [2.24, 2.45) is 0 Å². The van der Waals surface area contributed by atoms with Gasteiger partial charge in [0.2, 0.25) is 5.91 Å². The molecule has 2 aromatic rings. The Morgan fingerprint density at radius 2 is 1.67 bits per heavy atom. The molecule has 2 amide bonds. The third-order valence-electron chi connectivity index (χ3n) is 4.00. The SMILES string of the molecule is Cc1ccc(NC(=O)CN(C)C(=O)c2ccc(C)c(C)c2O)cc1. The van der Waals surface area contributed by atoms with E-state index in [1.165, 1.54) is 11.9 Å². The molecule has 0 aliphatic heterocycles. The molecule has 0 aliphatic rings. The van der Waals surface area contributed by atoms with Gasteiger partial charge in [0.25, 0.3) is 5.91 Å². The Hall–Kier alpha value is -2.82. The predicted octanol–water partition coefficient (Wildman–Crippen LogP) is 3.03. The average Bonchev–Trinajstić information content (AvgIpc) is 2.54. The zero-order valence-electron chi connectivity index (χ0n) is 14.4. The van der Waals surface area contributed by atoms with E-state index in [-0.39, 0.29) is 23.8 Å². The van der Waals surface area contributed by atoms with Crippen LogP contribution in [0.5, 0.6) is 5.75 Å². The summed E-state index contributed by atoms with van der Waals surface area (Å²) in [6.45, 7) is 5.49. The van der Waals surface area contributed by atoms with Crippen LogP contribution in [-0.2, 0) is 4.79 Å². The number of likely N-dealkylation sites (N-methyl/N-ethyl adjacent to an activating group) is 1. The smallest absolute Gasteiger partial charge is 0.257 e. The van der Waals surface area contributed by atoms with Gasteiger partial charge in [-0.05, 0) is 50.1 Å². The molecule has 24 heavy (non-hydrogen) atoms. The van der Waals surface area contributed by atoms with Crippen LogP contribution >= 0.6 is 0 Å². The highest BCUT2D eigenvalue weighted by Crippen LogP contribution is 2.25. The summed E-state index contributed by atoms with van der Waals surface area (Å²) in [5.74, 6) is -0.724. The summed E-state index contributed by atoms with van der Waals surface area (Å²) in [7, 11) is 1.53. The molecule has 0 heterocycles. The minimum Gasteiger partial charge on any atom is -0.507 e. The Morgan fingerprint density at radius 1 is 1.04 bits per heavy atom. The highest BCUT2D eigenvalue weighted by molar-refractivity contribution is 6.01. The number of nitrogens with one attached hydrogen (secondary N) is 1. The van der Waals surface area contributed by atoms with Crippen molar-refractivity contribution in [3.8, 4) is 5.75 Å². The zero-order chi connectivity index (χ0) is 17.9. The van der Waals surface area contributed by atoms with Crippen LogP contribution in [0, 0.1) is 20.8 Å². The van der Waals surface area contributed by atoms with Crippen LogP contribution in [-0.4, -0.2) is 35.4 Å². The van der Waals surface area contributed by atoms with Crippen molar-refractivity contribution >= 4 is 17.5 Å². The van der Waals surface area contributed by atoms with Crippen LogP contribution in [0.4, 0.5) is 5.69 Å². The van der Waals surface area contributed by atoms with E-state index in [0.717, 1.165) is 11.1 Å². The van der Waals surface area contributed by atoms with Crippen molar-refractivity contribution in [1.29, 1.82) is 0 Å². The van der Waals surface area contributed by atoms with E-state index < -0.39 is 5.91 Å². The third-order valence-corrected chi connectivity index (χ3v) is 4.00. The summed E-state index contributed by atoms with van der Waals surface area (Å²) in [6, 6.07) is 10.8. The summed E-state index contributed by atoms with van der Waals surface area (Å²) < 4.78 is 0. The maximum atomic E-state index is 12.4. The Morgan fingerprint density at radius 3 is 2.29 bits per heavy atom. The molecule has 0 saturated carbocycles. The molecule has 2 rings (SSSR count). The van der Waals surface area contributed by atoms with E-state index in [9.17, 15) is 14.7 Å². The minimum absolute atomic E-state index is 0.0363. The van der Waals surface area contributed by atoms with Gasteiger partial charge in [-0.15, -0.1) is 0 Å². The largest absolute Gasteiger partial charge is 0.507 e. The average molecular weight is 326 g/mol. The fourth-order valence-electron chi connectivity index (χ4n) is 2.30. The second-order valence-electron chi connectivity index (χ2n) is 5.98. The van der Waals surface area contributed by atoms with Gasteiger partial charge in [-0.3, -0.25) is 9.59 Å². The quantitative estimate of drug-likeness (QED) is 0.907. The lowest BCUT2D eigenvalue weighted by atomic mass is 10.0. The second-order valence-corrected chi connectivity index (χ2v) is 5.98. The first-order valence-corrected chi connectivity index (χ1v) is 7.70. The fourth-order valence-corrected chi connectivity index (χ4v) is 2.30. The van der Waals surface area contributed by atoms with Crippen LogP contribution in [0.2, 0.25) is 0 Å². The first-order chi connectivity index (χ1) is 11.3. The van der Waals surface area contributed by atoms with Gasteiger partial charge in [-0.25, -0.2) is 0 Å². The number of nitrogens with zero attached hydrogens (tertiary/aromatic N) is 1. The van der Waals surface area contributed by atoms with E-state index in [4.69, 9.17) is 0 Å². The summed E-state index contributed by atoms with van der Waals surface area (Å²) in [5.41, 5.74) is 3.55. The molecule has 0 spiro atoms. The highest BCUT2D eigenvalue weighted by atomic mass is 16.3. The molecule has 2 aromatic carbocycles. The van der Waals surface area contributed by atoms with Gasteiger partial charge in [-0.2, -0.15) is 0 Å². The van der Waals surface area contributed by atoms with Crippen molar-refractivity contribution in [2.75, 3.05) is 18.9 Å². The fraction of sp³-hybridized carbons (Fsp3) is 0.263. The van der Waals surface area contributed by atoms with Gasteiger partial charge < -0.3 is 15.3 Å². The number of amides is 2. The molecule has 0 bridgehead atoms. The lowest BCUT2D eigenvalue weighted by molar-refractivity contribution is -0.116. The number of carbonyl (C=O) groups is 2. The molecule has 0 aromatic heterocycles. The molecule has 2 N–H and O–H groups in total. The molecule has 0 atom stereocenters. The van der Waals surface area contributed by atoms with Gasteiger partial charge in [-0.1, -0.05) is 23.8 Å². The second kappa shape index (κ2) is 7.17. The maximum absolute atomic E-state index is 12.4. The zero-order valence-corrected chi connectivity index (χ0v) is 14.4. The maximum Gasteiger partial charge on any atom is 0.257 e. The number of phenolic OH excluding ortho intramolecular Hbond substituents is 1. The van der Waals surface area contributed by atoms with Crippen molar-refractivity contribution < 1.29 is 14.7 Å². The lowest BCUT2D eigenvalue weighted by Crippen LogP contribution is -2.35. The summed E-state index contributed by atoms with van der Waals surface area (Å²) >= 11 is 0. The molecule has 126 valence electrons. The first-order valence-electron chi connectivity index (χ1n) is 7.70. The molecule has 0 aliphatic carbocycles. The highest BCUT2D eigenvalue weighted by Gasteiger charge is 2.19.